The molecule has 0 bridgehead atoms. The second-order valence-corrected chi connectivity index (χ2v) is 32.7. The summed E-state index contributed by atoms with van der Waals surface area (Å²) >= 11 is 0. The largest absolute Gasteiger partial charge is 0.487 e. The van der Waals surface area contributed by atoms with Gasteiger partial charge in [0, 0.05) is 66.1 Å². The summed E-state index contributed by atoms with van der Waals surface area (Å²) < 4.78 is 25.3. The third kappa shape index (κ3) is 14.1. The van der Waals surface area contributed by atoms with Crippen LogP contribution in [-0.4, -0.2) is 47.3 Å². The number of nitrogens with zero attached hydrogens (tertiary/aromatic N) is 4. The molecule has 0 fully saturated rings. The first-order valence-corrected chi connectivity index (χ1v) is 39.7. The van der Waals surface area contributed by atoms with Crippen LogP contribution in [-0.2, 0) is 48.1 Å². The second kappa shape index (κ2) is 31.0. The van der Waals surface area contributed by atoms with Gasteiger partial charge in [0.1, 0.15) is 49.4 Å². The van der Waals surface area contributed by atoms with E-state index in [4.69, 9.17) is 18.9 Å². The van der Waals surface area contributed by atoms with E-state index in [1.165, 1.54) is 19.6 Å². The van der Waals surface area contributed by atoms with E-state index in [2.05, 4.69) is 83.1 Å². The molecule has 4 heterocycles. The molecule has 16 nitrogen and oxygen atoms in total. The van der Waals surface area contributed by atoms with Crippen LogP contribution in [0, 0.1) is 0 Å². The van der Waals surface area contributed by atoms with Gasteiger partial charge in [-0.05, 0) is 189 Å². The lowest BCUT2D eigenvalue weighted by atomic mass is 9.81. The van der Waals surface area contributed by atoms with Crippen molar-refractivity contribution in [1.29, 1.82) is 0 Å². The number of hydrogen-bond donors (Lipinski definition) is 0. The molecule has 0 spiro atoms. The summed E-state index contributed by atoms with van der Waals surface area (Å²) in [4.78, 5) is 122. The highest BCUT2D eigenvalue weighted by Gasteiger charge is 2.46. The Morgan fingerprint density at radius 2 is 0.388 bits per heavy atom. The van der Waals surface area contributed by atoms with E-state index in [-0.39, 0.29) is 92.6 Å². The van der Waals surface area contributed by atoms with Gasteiger partial charge in [-0.2, -0.15) is 0 Å². The second-order valence-electron chi connectivity index (χ2n) is 32.7. The minimum atomic E-state index is -0.564. The van der Waals surface area contributed by atoms with Crippen molar-refractivity contribution in [3.05, 3.63) is 332 Å². The van der Waals surface area contributed by atoms with E-state index in [1.54, 1.807) is 48.5 Å². The number of amides is 8. The van der Waals surface area contributed by atoms with Crippen LogP contribution in [0.5, 0.6) is 23.0 Å². The molecular weight excluding hydrogens is 1450 g/mol. The number of imide groups is 4. The van der Waals surface area contributed by atoms with Crippen LogP contribution in [0.3, 0.4) is 0 Å². The monoisotopic (exact) mass is 1540 g/mol. The summed E-state index contributed by atoms with van der Waals surface area (Å²) in [6, 6.07) is 74.1. The summed E-state index contributed by atoms with van der Waals surface area (Å²) in [7, 11) is 0. The lowest BCUT2D eigenvalue weighted by Gasteiger charge is -2.34. The fourth-order valence-electron chi connectivity index (χ4n) is 15.3. The molecule has 584 valence electrons. The number of benzene rings is 12. The first-order chi connectivity index (χ1) is 55.7. The van der Waals surface area contributed by atoms with Crippen molar-refractivity contribution >= 4 is 91.6 Å². The van der Waals surface area contributed by atoms with Gasteiger partial charge < -0.3 is 18.9 Å². The molecule has 0 aromatic heterocycles. The van der Waals surface area contributed by atoms with Crippen molar-refractivity contribution in [2.45, 2.75) is 157 Å². The summed E-state index contributed by atoms with van der Waals surface area (Å²) in [5.41, 5.74) is 9.62. The first-order valence-electron chi connectivity index (χ1n) is 39.7. The molecular formula is C100H92N4O12. The zero-order chi connectivity index (χ0) is 81.9. The fraction of sp³-hybridized carbons (Fsp3) is 0.240. The van der Waals surface area contributed by atoms with Gasteiger partial charge in [0.2, 0.25) is 0 Å². The topological polar surface area (TPSA) is 186 Å². The molecule has 12 aromatic carbocycles. The molecule has 12 aromatic rings. The molecule has 4 aliphatic heterocycles. The smallest absolute Gasteiger partial charge is 0.266 e. The summed E-state index contributed by atoms with van der Waals surface area (Å²) in [5.74, 6) is -2.98. The van der Waals surface area contributed by atoms with Gasteiger partial charge >= 0.3 is 0 Å². The number of carbonyl (C=O) groups is 8. The Bertz CT molecular complexity index is 5120. The highest BCUT2D eigenvalue weighted by Crippen LogP contribution is 2.49. The predicted octanol–water partition coefficient (Wildman–Crippen LogP) is 21.9. The SMILES string of the molecule is CCC(C)(C)c1ccc(OCc2ccccc2)c(N2C(=O)c3ccc4c5c(ccc(c35)C2=O)C(=O)N(c2cc(C(C)(C)CC)ccc2OCc2ccccc2)C4=O)c1.CCC(C)(C)c1ccc(OCc2ccccc2)c(N2C(=O)c3ccc4c5c(ccc(c35)C2=O)C(=O)N(c2cc(C(C)(C)CC)ccc2OCc2ccccc2)C4=O)c1. The maximum Gasteiger partial charge on any atom is 0.266 e. The Kier molecular flexibility index (Phi) is 20.9. The van der Waals surface area contributed by atoms with E-state index in [0.29, 0.717) is 67.3 Å². The highest BCUT2D eigenvalue weighted by molar-refractivity contribution is 6.44. The molecule has 4 aliphatic rings. The fourth-order valence-corrected chi connectivity index (χ4v) is 15.3. The molecule has 0 N–H and O–H groups in total. The molecule has 16 heteroatoms. The van der Waals surface area contributed by atoms with Gasteiger partial charge in [-0.1, -0.05) is 229 Å². The van der Waals surface area contributed by atoms with Crippen LogP contribution in [0.25, 0.3) is 21.5 Å². The van der Waals surface area contributed by atoms with Crippen LogP contribution in [0.2, 0.25) is 0 Å². The van der Waals surface area contributed by atoms with Gasteiger partial charge in [0.25, 0.3) is 47.3 Å². The summed E-state index contributed by atoms with van der Waals surface area (Å²) in [5, 5.41) is 1.17. The molecule has 0 atom stereocenters. The predicted molar refractivity (Wildman–Crippen MR) is 455 cm³/mol. The average molecular weight is 1540 g/mol. The molecule has 0 saturated heterocycles. The number of rotatable bonds is 24. The number of anilines is 4. The lowest BCUT2D eigenvalue weighted by molar-refractivity contribution is 0.0871. The van der Waals surface area contributed by atoms with Crippen molar-refractivity contribution in [2.75, 3.05) is 19.6 Å². The van der Waals surface area contributed by atoms with Gasteiger partial charge in [0.05, 0.1) is 22.7 Å². The highest BCUT2D eigenvalue weighted by atomic mass is 16.5. The molecule has 0 saturated carbocycles. The maximum atomic E-state index is 14.7. The minimum absolute atomic E-state index is 0.219. The van der Waals surface area contributed by atoms with Gasteiger partial charge in [-0.15, -0.1) is 0 Å². The molecule has 8 amide bonds. The zero-order valence-corrected chi connectivity index (χ0v) is 67.4. The maximum absolute atomic E-state index is 14.7. The van der Waals surface area contributed by atoms with E-state index in [9.17, 15) is 38.4 Å². The van der Waals surface area contributed by atoms with E-state index in [1.807, 2.05) is 194 Å². The number of ether oxygens (including phenoxy) is 4. The van der Waals surface area contributed by atoms with Crippen LogP contribution in [0.1, 0.15) is 236 Å². The number of hydrogen-bond acceptors (Lipinski definition) is 12. The average Bonchev–Trinajstić information content (AvgIpc) is 0.708. The molecule has 0 radical (unpaired) electrons. The van der Waals surface area contributed by atoms with E-state index < -0.39 is 47.3 Å². The quantitative estimate of drug-likeness (QED) is 0.0522. The van der Waals surface area contributed by atoms with E-state index in [0.717, 1.165) is 70.2 Å². The third-order valence-corrected chi connectivity index (χ3v) is 24.2. The zero-order valence-electron chi connectivity index (χ0n) is 67.4. The summed E-state index contributed by atoms with van der Waals surface area (Å²) in [6.07, 6.45) is 3.30. The van der Waals surface area contributed by atoms with Crippen molar-refractivity contribution in [1.82, 2.24) is 0 Å². The minimum Gasteiger partial charge on any atom is -0.487 e. The van der Waals surface area contributed by atoms with Crippen LogP contribution < -0.4 is 38.5 Å². The van der Waals surface area contributed by atoms with Crippen LogP contribution in [0.15, 0.2) is 243 Å². The van der Waals surface area contributed by atoms with Gasteiger partial charge in [0.15, 0.2) is 0 Å². The van der Waals surface area contributed by atoms with Crippen molar-refractivity contribution in [3.8, 4) is 23.0 Å². The van der Waals surface area contributed by atoms with Gasteiger partial charge in [-0.25, -0.2) is 19.6 Å². The Balaban J connectivity index is 0.000000182. The lowest BCUT2D eigenvalue weighted by Crippen LogP contribution is -2.43. The van der Waals surface area contributed by atoms with Crippen molar-refractivity contribution in [2.24, 2.45) is 0 Å². The molecule has 116 heavy (non-hydrogen) atoms. The standard InChI is InChI=1S/2C50H46N2O6/c2*1-7-49(3,4)33-19-25-41(57-29-31-15-11-9-12-16-31)39(27-33)51-45(53)35-21-23-37-44-38(24-22-36(43(35)44)46(51)54)48(56)52(47(37)55)40-28-34(50(5,6)8-2)20-26-42(40)58-30-32-17-13-10-14-18-32/h2*9-28H,7-8,29-30H2,1-6H3. The van der Waals surface area contributed by atoms with E-state index >= 15 is 0 Å². The molecule has 16 rings (SSSR count). The Morgan fingerprint density at radius 3 is 0.543 bits per heavy atom. The number of carbonyl (C=O) groups excluding carboxylic acids is 8. The van der Waals surface area contributed by atoms with Crippen LogP contribution >= 0.6 is 0 Å². The van der Waals surface area contributed by atoms with Crippen LogP contribution in [0.4, 0.5) is 22.7 Å². The van der Waals surface area contributed by atoms with Gasteiger partial charge in [-0.3, -0.25) is 38.4 Å². The molecule has 0 unspecified atom stereocenters. The Hall–Kier alpha value is -13.1. The normalized spacial score (nSPS) is 14.0. The van der Waals surface area contributed by atoms with Crippen molar-refractivity contribution < 1.29 is 57.3 Å². The Morgan fingerprint density at radius 1 is 0.224 bits per heavy atom. The summed E-state index contributed by atoms with van der Waals surface area (Å²) in [6.45, 7) is 26.2. The van der Waals surface area contributed by atoms with Crippen molar-refractivity contribution in [3.63, 3.8) is 0 Å². The first kappa shape index (κ1) is 78.2. The Labute approximate surface area is 676 Å². The molecule has 0 aliphatic carbocycles. The third-order valence-electron chi connectivity index (χ3n) is 24.2.